The van der Waals surface area contributed by atoms with E-state index in [1.807, 2.05) is 6.07 Å². The predicted octanol–water partition coefficient (Wildman–Crippen LogP) is -1.15. The molecule has 1 aliphatic heterocycles. The second-order valence-electron chi connectivity index (χ2n) is 3.43. The molecular weight excluding hydrogens is 172 g/mol. The monoisotopic (exact) mass is 184 g/mol. The molecule has 0 aliphatic carbocycles. The molecule has 1 aliphatic rings. The standard InChI is InChI=1S/C8H12N2O3/c1-6(11)7(12)10-4-8(13,5-10)2-3-9/h6,11,13H,2,4-5H2,1H3. The number of aliphatic hydroxyl groups excluding tert-OH is 1. The Balaban J connectivity index is 2.41. The number of amides is 1. The summed E-state index contributed by atoms with van der Waals surface area (Å²) in [6, 6.07) is 1.85. The van der Waals surface area contributed by atoms with Gasteiger partial charge in [0.2, 0.25) is 0 Å². The van der Waals surface area contributed by atoms with E-state index in [-0.39, 0.29) is 19.5 Å². The van der Waals surface area contributed by atoms with E-state index in [9.17, 15) is 9.90 Å². The van der Waals surface area contributed by atoms with E-state index in [0.29, 0.717) is 0 Å². The summed E-state index contributed by atoms with van der Waals surface area (Å²) in [5, 5.41) is 26.8. The molecular formula is C8H12N2O3. The van der Waals surface area contributed by atoms with E-state index in [1.165, 1.54) is 11.8 Å². The van der Waals surface area contributed by atoms with Gasteiger partial charge in [-0.1, -0.05) is 0 Å². The van der Waals surface area contributed by atoms with Crippen molar-refractivity contribution >= 4 is 5.91 Å². The van der Waals surface area contributed by atoms with Crippen molar-refractivity contribution in [2.75, 3.05) is 13.1 Å². The van der Waals surface area contributed by atoms with E-state index >= 15 is 0 Å². The van der Waals surface area contributed by atoms with Gasteiger partial charge in [-0.2, -0.15) is 5.26 Å². The molecule has 1 heterocycles. The molecule has 0 spiro atoms. The maximum Gasteiger partial charge on any atom is 0.251 e. The second-order valence-corrected chi connectivity index (χ2v) is 3.43. The fraction of sp³-hybridized carbons (Fsp3) is 0.750. The average molecular weight is 184 g/mol. The van der Waals surface area contributed by atoms with Crippen molar-refractivity contribution in [3.8, 4) is 6.07 Å². The van der Waals surface area contributed by atoms with Crippen LogP contribution < -0.4 is 0 Å². The fourth-order valence-electron chi connectivity index (χ4n) is 1.34. The van der Waals surface area contributed by atoms with Gasteiger partial charge in [-0.3, -0.25) is 4.79 Å². The van der Waals surface area contributed by atoms with Gasteiger partial charge in [-0.25, -0.2) is 0 Å². The Labute approximate surface area is 76.2 Å². The molecule has 1 unspecified atom stereocenters. The third kappa shape index (κ3) is 1.97. The molecule has 1 saturated heterocycles. The minimum Gasteiger partial charge on any atom is -0.385 e. The molecule has 2 N–H and O–H groups in total. The molecule has 0 aromatic heterocycles. The molecule has 0 aromatic rings. The second kappa shape index (κ2) is 3.32. The molecule has 1 amide bonds. The van der Waals surface area contributed by atoms with Gasteiger partial charge in [0.05, 0.1) is 25.6 Å². The van der Waals surface area contributed by atoms with Gasteiger partial charge in [0.25, 0.3) is 5.91 Å². The Kier molecular flexibility index (Phi) is 2.55. The third-order valence-corrected chi connectivity index (χ3v) is 2.05. The normalized spacial score (nSPS) is 21.5. The van der Waals surface area contributed by atoms with Gasteiger partial charge in [-0.15, -0.1) is 0 Å². The van der Waals surface area contributed by atoms with Crippen LogP contribution in [0.2, 0.25) is 0 Å². The molecule has 0 saturated carbocycles. The van der Waals surface area contributed by atoms with E-state index < -0.39 is 17.6 Å². The van der Waals surface area contributed by atoms with Crippen molar-refractivity contribution in [1.82, 2.24) is 4.90 Å². The number of likely N-dealkylation sites (tertiary alicyclic amines) is 1. The summed E-state index contributed by atoms with van der Waals surface area (Å²) in [6.07, 6.45) is -1.01. The molecule has 0 radical (unpaired) electrons. The molecule has 72 valence electrons. The zero-order valence-corrected chi connectivity index (χ0v) is 7.40. The SMILES string of the molecule is CC(O)C(=O)N1CC(O)(CC#N)C1. The lowest BCUT2D eigenvalue weighted by molar-refractivity contribution is -0.162. The van der Waals surface area contributed by atoms with Crippen molar-refractivity contribution < 1.29 is 15.0 Å². The van der Waals surface area contributed by atoms with E-state index in [1.54, 1.807) is 0 Å². The van der Waals surface area contributed by atoms with E-state index in [4.69, 9.17) is 10.4 Å². The van der Waals surface area contributed by atoms with Crippen LogP contribution in [0, 0.1) is 11.3 Å². The fourth-order valence-corrected chi connectivity index (χ4v) is 1.34. The van der Waals surface area contributed by atoms with E-state index in [0.717, 1.165) is 0 Å². The minimum atomic E-state index is -1.06. The first kappa shape index (κ1) is 9.96. The molecule has 0 bridgehead atoms. The van der Waals surface area contributed by atoms with Crippen molar-refractivity contribution in [2.24, 2.45) is 0 Å². The highest BCUT2D eigenvalue weighted by Gasteiger charge is 2.44. The van der Waals surface area contributed by atoms with Crippen LogP contribution in [0.15, 0.2) is 0 Å². The van der Waals surface area contributed by atoms with Crippen LogP contribution in [-0.4, -0.2) is 45.8 Å². The Morgan fingerprint density at radius 2 is 2.31 bits per heavy atom. The van der Waals surface area contributed by atoms with Crippen LogP contribution in [0.1, 0.15) is 13.3 Å². The minimum absolute atomic E-state index is 0.0244. The summed E-state index contributed by atoms with van der Waals surface area (Å²) in [6.45, 7) is 1.67. The summed E-state index contributed by atoms with van der Waals surface area (Å²) in [5.74, 6) is -0.400. The number of hydrogen-bond acceptors (Lipinski definition) is 4. The summed E-state index contributed by atoms with van der Waals surface area (Å²) in [7, 11) is 0. The largest absolute Gasteiger partial charge is 0.385 e. The van der Waals surface area contributed by atoms with Crippen molar-refractivity contribution in [1.29, 1.82) is 5.26 Å². The first-order valence-electron chi connectivity index (χ1n) is 4.05. The van der Waals surface area contributed by atoms with Gasteiger partial charge in [-0.05, 0) is 6.92 Å². The lowest BCUT2D eigenvalue weighted by Crippen LogP contribution is -2.64. The molecule has 5 heteroatoms. The third-order valence-electron chi connectivity index (χ3n) is 2.05. The zero-order valence-electron chi connectivity index (χ0n) is 7.40. The summed E-state index contributed by atoms with van der Waals surface area (Å²) < 4.78 is 0. The number of nitrogens with zero attached hydrogens (tertiary/aromatic N) is 2. The highest BCUT2D eigenvalue weighted by molar-refractivity contribution is 5.81. The summed E-state index contributed by atoms with van der Waals surface area (Å²) in [4.78, 5) is 12.4. The van der Waals surface area contributed by atoms with Gasteiger partial charge < -0.3 is 15.1 Å². The van der Waals surface area contributed by atoms with Gasteiger partial charge in [0, 0.05) is 0 Å². The van der Waals surface area contributed by atoms with Gasteiger partial charge in [0.15, 0.2) is 0 Å². The number of hydrogen-bond donors (Lipinski definition) is 2. The molecule has 5 nitrogen and oxygen atoms in total. The van der Waals surface area contributed by atoms with Crippen molar-refractivity contribution in [3.05, 3.63) is 0 Å². The van der Waals surface area contributed by atoms with Crippen molar-refractivity contribution in [2.45, 2.75) is 25.0 Å². The Morgan fingerprint density at radius 3 is 2.69 bits per heavy atom. The number of aliphatic hydroxyl groups is 2. The number of carbonyl (C=O) groups is 1. The van der Waals surface area contributed by atoms with Gasteiger partial charge in [0.1, 0.15) is 11.7 Å². The molecule has 1 rings (SSSR count). The Morgan fingerprint density at radius 1 is 1.77 bits per heavy atom. The first-order valence-corrected chi connectivity index (χ1v) is 4.05. The predicted molar refractivity (Wildman–Crippen MR) is 43.4 cm³/mol. The van der Waals surface area contributed by atoms with Crippen LogP contribution in [0.3, 0.4) is 0 Å². The topological polar surface area (TPSA) is 84.6 Å². The number of rotatable bonds is 2. The van der Waals surface area contributed by atoms with Crippen LogP contribution >= 0.6 is 0 Å². The molecule has 1 atom stereocenters. The Hall–Kier alpha value is -1.12. The van der Waals surface area contributed by atoms with Crippen LogP contribution in [-0.2, 0) is 4.79 Å². The average Bonchev–Trinajstić information content (AvgIpc) is 1.99. The molecule has 13 heavy (non-hydrogen) atoms. The maximum absolute atomic E-state index is 11.1. The van der Waals surface area contributed by atoms with Crippen LogP contribution in [0.4, 0.5) is 0 Å². The number of carbonyl (C=O) groups excluding carboxylic acids is 1. The number of β-amino-alcohol motifs (C(OH)–C–C–N with tert-alkyl or cyclic N) is 1. The smallest absolute Gasteiger partial charge is 0.251 e. The summed E-state index contributed by atoms with van der Waals surface area (Å²) in [5.41, 5.74) is -1.06. The lowest BCUT2D eigenvalue weighted by Gasteiger charge is -2.45. The highest BCUT2D eigenvalue weighted by atomic mass is 16.3. The Bertz CT molecular complexity index is 251. The first-order chi connectivity index (χ1) is 5.98. The summed E-state index contributed by atoms with van der Waals surface area (Å²) >= 11 is 0. The quantitative estimate of drug-likeness (QED) is 0.567. The van der Waals surface area contributed by atoms with Crippen LogP contribution in [0.5, 0.6) is 0 Å². The zero-order chi connectivity index (χ0) is 10.1. The molecule has 1 fully saturated rings. The number of nitriles is 1. The molecule has 0 aromatic carbocycles. The van der Waals surface area contributed by atoms with Crippen LogP contribution in [0.25, 0.3) is 0 Å². The van der Waals surface area contributed by atoms with Crippen molar-refractivity contribution in [3.63, 3.8) is 0 Å². The highest BCUT2D eigenvalue weighted by Crippen LogP contribution is 2.24. The lowest BCUT2D eigenvalue weighted by atomic mass is 9.91. The van der Waals surface area contributed by atoms with Gasteiger partial charge >= 0.3 is 0 Å². The maximum atomic E-state index is 11.1. The van der Waals surface area contributed by atoms with E-state index in [2.05, 4.69) is 0 Å².